The quantitative estimate of drug-likeness (QED) is 0.710. The minimum absolute atomic E-state index is 0.00187. The number of aryl methyl sites for hydroxylation is 1. The van der Waals surface area contributed by atoms with Crippen molar-refractivity contribution >= 4 is 28.2 Å². The Labute approximate surface area is 180 Å². The van der Waals surface area contributed by atoms with Gasteiger partial charge in [-0.1, -0.05) is 12.1 Å². The summed E-state index contributed by atoms with van der Waals surface area (Å²) in [5, 5.41) is 19.1. The van der Waals surface area contributed by atoms with Gasteiger partial charge < -0.3 is 10.2 Å². The molecule has 7 heteroatoms. The van der Waals surface area contributed by atoms with Crippen LogP contribution in [0.15, 0.2) is 42.9 Å². The molecule has 3 heterocycles. The molecule has 1 N–H and O–H groups in total. The van der Waals surface area contributed by atoms with Crippen LogP contribution in [-0.2, 0) is 17.3 Å². The van der Waals surface area contributed by atoms with E-state index in [0.717, 1.165) is 54.3 Å². The second kappa shape index (κ2) is 6.30. The van der Waals surface area contributed by atoms with Gasteiger partial charge in [0.05, 0.1) is 29.3 Å². The summed E-state index contributed by atoms with van der Waals surface area (Å²) in [4.78, 5) is 19.5. The van der Waals surface area contributed by atoms with Crippen LogP contribution in [0.2, 0.25) is 0 Å². The fourth-order valence-electron chi connectivity index (χ4n) is 5.33. The number of nitriles is 1. The van der Waals surface area contributed by atoms with Gasteiger partial charge in [0, 0.05) is 37.9 Å². The van der Waals surface area contributed by atoms with E-state index in [2.05, 4.69) is 38.5 Å². The van der Waals surface area contributed by atoms with E-state index >= 15 is 0 Å². The number of nitrogens with one attached hydrogen (secondary N) is 1. The van der Waals surface area contributed by atoms with Crippen molar-refractivity contribution in [1.82, 2.24) is 14.8 Å². The number of hydrogen-bond donors (Lipinski definition) is 1. The molecule has 2 aromatic heterocycles. The van der Waals surface area contributed by atoms with E-state index in [4.69, 9.17) is 0 Å². The summed E-state index contributed by atoms with van der Waals surface area (Å²) < 4.78 is 1.78. The number of carbonyl (C=O) groups excluding carboxylic acids is 1. The summed E-state index contributed by atoms with van der Waals surface area (Å²) in [6, 6.07) is 10.7. The summed E-state index contributed by atoms with van der Waals surface area (Å²) in [6.45, 7) is 1.53. The summed E-state index contributed by atoms with van der Waals surface area (Å²) in [6.07, 6.45) is 9.72. The van der Waals surface area contributed by atoms with Crippen molar-refractivity contribution in [2.45, 2.75) is 31.1 Å². The molecule has 0 bridgehead atoms. The van der Waals surface area contributed by atoms with Crippen molar-refractivity contribution in [1.29, 1.82) is 5.26 Å². The highest BCUT2D eigenvalue weighted by molar-refractivity contribution is 5.95. The minimum Gasteiger partial charge on any atom is -0.368 e. The zero-order valence-corrected chi connectivity index (χ0v) is 17.5. The summed E-state index contributed by atoms with van der Waals surface area (Å²) in [5.41, 5.74) is 2.08. The van der Waals surface area contributed by atoms with Gasteiger partial charge in [-0.3, -0.25) is 9.48 Å². The Kier molecular flexibility index (Phi) is 3.73. The number of nitrogens with zero attached hydrogens (tertiary/aromatic N) is 5. The first kappa shape index (κ1) is 18.4. The number of rotatable bonds is 4. The van der Waals surface area contributed by atoms with E-state index in [0.29, 0.717) is 12.4 Å². The van der Waals surface area contributed by atoms with Crippen LogP contribution < -0.4 is 10.2 Å². The third kappa shape index (κ3) is 2.82. The Hall–Kier alpha value is -3.40. The number of anilines is 2. The molecule has 2 saturated carbocycles. The van der Waals surface area contributed by atoms with Crippen molar-refractivity contribution in [2.24, 2.45) is 18.4 Å². The zero-order valence-electron chi connectivity index (χ0n) is 17.5. The maximum absolute atomic E-state index is 12.9. The maximum Gasteiger partial charge on any atom is 0.230 e. The molecular weight excluding hydrogens is 388 g/mol. The lowest BCUT2D eigenvalue weighted by atomic mass is 9.92. The number of aromatic nitrogens is 3. The normalized spacial score (nSPS) is 25.5. The van der Waals surface area contributed by atoms with E-state index in [1.807, 2.05) is 31.6 Å². The minimum atomic E-state index is -0.312. The van der Waals surface area contributed by atoms with Gasteiger partial charge in [-0.15, -0.1) is 0 Å². The smallest absolute Gasteiger partial charge is 0.230 e. The molecule has 6 rings (SSSR count). The van der Waals surface area contributed by atoms with Crippen LogP contribution in [0, 0.1) is 22.7 Å². The fraction of sp³-hybridized carbons (Fsp3) is 0.417. The van der Waals surface area contributed by atoms with Crippen molar-refractivity contribution in [3.8, 4) is 6.07 Å². The average Bonchev–Trinajstić information content (AvgIpc) is 3.53. The number of fused-ring (bicyclic) bond motifs is 1. The molecule has 3 aliphatic rings. The van der Waals surface area contributed by atoms with Crippen LogP contribution in [0.25, 0.3) is 10.8 Å². The summed E-state index contributed by atoms with van der Waals surface area (Å²) in [5.74, 6) is 0.492. The van der Waals surface area contributed by atoms with E-state index in [1.54, 1.807) is 10.9 Å². The number of hydrogen-bond acceptors (Lipinski definition) is 5. The lowest BCUT2D eigenvalue weighted by Gasteiger charge is -2.16. The lowest BCUT2D eigenvalue weighted by molar-refractivity contribution is -0.119. The van der Waals surface area contributed by atoms with Gasteiger partial charge in [-0.2, -0.15) is 10.4 Å². The van der Waals surface area contributed by atoms with Gasteiger partial charge in [0.25, 0.3) is 0 Å². The Balaban J connectivity index is 1.19. The van der Waals surface area contributed by atoms with Gasteiger partial charge in [-0.25, -0.2) is 4.98 Å². The van der Waals surface area contributed by atoms with Gasteiger partial charge in [0.1, 0.15) is 5.82 Å². The summed E-state index contributed by atoms with van der Waals surface area (Å²) >= 11 is 0. The Bertz CT molecular complexity index is 1250. The van der Waals surface area contributed by atoms with Crippen LogP contribution in [0.3, 0.4) is 0 Å². The first-order chi connectivity index (χ1) is 15.0. The van der Waals surface area contributed by atoms with Gasteiger partial charge in [0.2, 0.25) is 5.91 Å². The molecule has 1 aliphatic heterocycles. The SMILES string of the molecule is Cn1cc(N2CC[C@H](C(=O)Nc3cc4cc([C@@]5(C#N)CC56CC6)ccc4cn3)C2)cn1. The molecule has 3 aromatic rings. The number of carbonyl (C=O) groups is 1. The molecule has 31 heavy (non-hydrogen) atoms. The predicted molar refractivity (Wildman–Crippen MR) is 117 cm³/mol. The molecule has 3 fully saturated rings. The molecular formula is C24H24N6O. The third-order valence-electron chi connectivity index (χ3n) is 7.51. The first-order valence-electron chi connectivity index (χ1n) is 10.9. The molecule has 1 saturated heterocycles. The topological polar surface area (TPSA) is 86.8 Å². The van der Waals surface area contributed by atoms with Crippen molar-refractivity contribution in [3.05, 3.63) is 48.4 Å². The van der Waals surface area contributed by atoms with Crippen LogP contribution in [0.1, 0.15) is 31.2 Å². The second-order valence-electron chi connectivity index (χ2n) is 9.40. The van der Waals surface area contributed by atoms with Crippen LogP contribution in [0.4, 0.5) is 11.5 Å². The highest BCUT2D eigenvalue weighted by atomic mass is 16.2. The third-order valence-corrected chi connectivity index (χ3v) is 7.51. The molecule has 1 aromatic carbocycles. The van der Waals surface area contributed by atoms with Crippen molar-refractivity contribution in [3.63, 3.8) is 0 Å². The highest BCUT2D eigenvalue weighted by Gasteiger charge is 2.75. The van der Waals surface area contributed by atoms with Gasteiger partial charge >= 0.3 is 0 Å². The number of pyridine rings is 1. The lowest BCUT2D eigenvalue weighted by Crippen LogP contribution is -2.27. The standard InChI is InChI=1S/C24H24N6O/c1-29-13-20(11-27-29)30-7-4-17(12-30)22(31)28-21-9-18-8-19(3-2-16(18)10-26-21)24(15-25)14-23(24)5-6-23/h2-3,8-11,13,17H,4-7,12,14H2,1H3,(H,26,28,31)/t17-,24-/m0/s1. The molecule has 2 aliphatic carbocycles. The molecule has 0 unspecified atom stereocenters. The number of amides is 1. The van der Waals surface area contributed by atoms with E-state index in [-0.39, 0.29) is 22.7 Å². The molecule has 2 atom stereocenters. The van der Waals surface area contributed by atoms with E-state index in [1.165, 1.54) is 0 Å². The largest absolute Gasteiger partial charge is 0.368 e. The van der Waals surface area contributed by atoms with E-state index < -0.39 is 0 Å². The van der Waals surface area contributed by atoms with Gasteiger partial charge in [-0.05, 0) is 54.2 Å². The molecule has 1 spiro atoms. The van der Waals surface area contributed by atoms with Crippen molar-refractivity contribution < 1.29 is 4.79 Å². The summed E-state index contributed by atoms with van der Waals surface area (Å²) in [7, 11) is 1.90. The predicted octanol–water partition coefficient (Wildman–Crippen LogP) is 3.38. The Morgan fingerprint density at radius 2 is 2.13 bits per heavy atom. The van der Waals surface area contributed by atoms with Crippen LogP contribution in [-0.4, -0.2) is 33.8 Å². The number of benzene rings is 1. The second-order valence-corrected chi connectivity index (χ2v) is 9.40. The maximum atomic E-state index is 12.9. The molecule has 1 amide bonds. The van der Waals surface area contributed by atoms with Gasteiger partial charge in [0.15, 0.2) is 0 Å². The molecule has 156 valence electrons. The van der Waals surface area contributed by atoms with Crippen molar-refractivity contribution in [2.75, 3.05) is 23.3 Å². The fourth-order valence-corrected chi connectivity index (χ4v) is 5.33. The van der Waals surface area contributed by atoms with Crippen LogP contribution >= 0.6 is 0 Å². The Morgan fingerprint density at radius 3 is 2.84 bits per heavy atom. The Morgan fingerprint density at radius 1 is 1.26 bits per heavy atom. The zero-order chi connectivity index (χ0) is 21.2. The first-order valence-corrected chi connectivity index (χ1v) is 10.9. The average molecular weight is 412 g/mol. The molecule has 0 radical (unpaired) electrons. The monoisotopic (exact) mass is 412 g/mol. The van der Waals surface area contributed by atoms with E-state index in [9.17, 15) is 10.1 Å². The highest BCUT2D eigenvalue weighted by Crippen LogP contribution is 2.78. The van der Waals surface area contributed by atoms with Crippen LogP contribution in [0.5, 0.6) is 0 Å². The molecule has 7 nitrogen and oxygen atoms in total.